The Kier molecular flexibility index (Phi) is 21.1. The number of ether oxygens (including phenoxy) is 3. The quantitative estimate of drug-likeness (QED) is 0.257. The van der Waals surface area contributed by atoms with E-state index in [-0.39, 0.29) is 82.9 Å². The summed E-state index contributed by atoms with van der Waals surface area (Å²) in [6.45, 7) is 13.8. The van der Waals surface area contributed by atoms with Crippen molar-refractivity contribution in [1.29, 1.82) is 0 Å². The summed E-state index contributed by atoms with van der Waals surface area (Å²) in [5.74, 6) is 0.182. The van der Waals surface area contributed by atoms with Crippen molar-refractivity contribution >= 4 is 24.5 Å². The van der Waals surface area contributed by atoms with E-state index >= 15 is 0 Å². The van der Waals surface area contributed by atoms with Gasteiger partial charge in [-0.15, -0.1) is 5.10 Å². The number of H-pyrrole nitrogens is 1. The molecule has 0 saturated heterocycles. The first kappa shape index (κ1) is 53.4. The van der Waals surface area contributed by atoms with Crippen LogP contribution in [-0.2, 0) is 41.5 Å². The van der Waals surface area contributed by atoms with E-state index in [1.54, 1.807) is 41.5 Å². The van der Waals surface area contributed by atoms with Gasteiger partial charge in [-0.1, -0.05) is 21.3 Å². The van der Waals surface area contributed by atoms with Crippen LogP contribution in [0.4, 0.5) is 35.9 Å². The van der Waals surface area contributed by atoms with Crippen LogP contribution in [0.5, 0.6) is 5.88 Å². The summed E-state index contributed by atoms with van der Waals surface area (Å²) in [5.41, 5.74) is -3.37. The first-order valence-corrected chi connectivity index (χ1v) is 16.9. The standard InChI is InChI=1S/C16H23F3N2O3.C10H16N2O3.C6H9F3O.2CO2.CH4/c1-5-11-10-21(13(22)24-14(2,3)4)20-12(11)23-9-8-15(6-7-15)16(17,18)19;1-5-7-6-12(11-8(7)13)9(14)15-10(2,3)4;7-6(8,9)5(1-2-5)3-4-10;2*2-1-3;/h10H,5-9H2,1-4H3;6H,5H2,1-4H3,(H,11,13);10H,1-4H2;;;1H4. The molecule has 2 fully saturated rings. The van der Waals surface area contributed by atoms with Crippen LogP contribution in [0.1, 0.15) is 112 Å². The van der Waals surface area contributed by atoms with Gasteiger partial charge >= 0.3 is 36.8 Å². The molecule has 4 rings (SSSR count). The first-order chi connectivity index (χ1) is 25.2. The second-order valence-electron chi connectivity index (χ2n) is 14.3. The lowest BCUT2D eigenvalue weighted by Crippen LogP contribution is -2.28. The SMILES string of the molecule is C.CCc1cn(C(=O)OC(C)(C)C)[nH]c1=O.CCc1cn(C(=O)OC(C)(C)C)nc1OCCC1(C(F)(F)F)CC1.O=C=O.O=C=O.OCCC1(C(F)(F)F)CC1. The molecule has 0 amide bonds. The highest BCUT2D eigenvalue weighted by atomic mass is 19.4. The molecular formula is C35H52F6N4O11. The number of alkyl halides is 6. The molecule has 0 bridgehead atoms. The summed E-state index contributed by atoms with van der Waals surface area (Å²) in [6.07, 6.45) is -4.48. The average Bonchev–Trinajstić information content (AvgIpc) is 3.93. The van der Waals surface area contributed by atoms with Crippen LogP contribution in [0.2, 0.25) is 0 Å². The molecule has 0 unspecified atom stereocenters. The van der Waals surface area contributed by atoms with E-state index in [1.807, 2.05) is 13.8 Å². The molecule has 2 aliphatic carbocycles. The highest BCUT2D eigenvalue weighted by Crippen LogP contribution is 2.60. The van der Waals surface area contributed by atoms with E-state index in [2.05, 4.69) is 10.2 Å². The van der Waals surface area contributed by atoms with E-state index in [1.165, 1.54) is 12.4 Å². The molecule has 2 aromatic heterocycles. The van der Waals surface area contributed by atoms with Gasteiger partial charge in [-0.25, -0.2) is 9.59 Å². The smallest absolute Gasteiger partial charge is 0.435 e. The summed E-state index contributed by atoms with van der Waals surface area (Å²) in [7, 11) is 0. The Bertz CT molecular complexity index is 1630. The third-order valence-corrected chi connectivity index (χ3v) is 7.80. The van der Waals surface area contributed by atoms with Gasteiger partial charge in [-0.05, 0) is 92.9 Å². The first-order valence-electron chi connectivity index (χ1n) is 16.9. The summed E-state index contributed by atoms with van der Waals surface area (Å²) in [4.78, 5) is 67.3. The van der Waals surface area contributed by atoms with Crippen LogP contribution in [-0.4, -0.2) is 85.9 Å². The second-order valence-corrected chi connectivity index (χ2v) is 14.3. The lowest BCUT2D eigenvalue weighted by Gasteiger charge is -2.19. The minimum atomic E-state index is -4.19. The highest BCUT2D eigenvalue weighted by Gasteiger charge is 2.63. The van der Waals surface area contributed by atoms with Crippen molar-refractivity contribution in [3.8, 4) is 5.88 Å². The van der Waals surface area contributed by atoms with Crippen molar-refractivity contribution in [3.63, 3.8) is 0 Å². The predicted molar refractivity (Wildman–Crippen MR) is 183 cm³/mol. The number of aromatic amines is 1. The Hall–Kier alpha value is -4.74. The summed E-state index contributed by atoms with van der Waals surface area (Å²) in [5, 5.41) is 14.7. The predicted octanol–water partition coefficient (Wildman–Crippen LogP) is 7.04. The molecule has 15 nitrogen and oxygen atoms in total. The van der Waals surface area contributed by atoms with E-state index in [0.717, 1.165) is 9.36 Å². The molecule has 0 aliphatic heterocycles. The molecule has 0 aromatic carbocycles. The molecule has 2 heterocycles. The van der Waals surface area contributed by atoms with Crippen molar-refractivity contribution in [2.45, 2.75) is 138 Å². The van der Waals surface area contributed by atoms with Crippen LogP contribution in [0.25, 0.3) is 0 Å². The molecule has 56 heavy (non-hydrogen) atoms. The molecule has 0 radical (unpaired) electrons. The summed E-state index contributed by atoms with van der Waals surface area (Å²) >= 11 is 0. The lowest BCUT2D eigenvalue weighted by atomic mass is 10.0. The van der Waals surface area contributed by atoms with Gasteiger partial charge in [0, 0.05) is 30.1 Å². The van der Waals surface area contributed by atoms with Crippen LogP contribution in [0.3, 0.4) is 0 Å². The van der Waals surface area contributed by atoms with Gasteiger partial charge in [0.15, 0.2) is 0 Å². The van der Waals surface area contributed by atoms with Gasteiger partial charge in [-0.3, -0.25) is 9.89 Å². The Morgan fingerprint density at radius 1 is 0.786 bits per heavy atom. The van der Waals surface area contributed by atoms with E-state index < -0.39 is 46.6 Å². The number of hydrogen-bond acceptors (Lipinski definition) is 12. The van der Waals surface area contributed by atoms with Gasteiger partial charge in [0.2, 0.25) is 5.88 Å². The van der Waals surface area contributed by atoms with Gasteiger partial charge < -0.3 is 19.3 Å². The van der Waals surface area contributed by atoms with Crippen molar-refractivity contribution in [1.82, 2.24) is 19.6 Å². The maximum Gasteiger partial charge on any atom is 0.435 e. The number of aryl methyl sites for hydroxylation is 2. The van der Waals surface area contributed by atoms with E-state index in [9.17, 15) is 40.7 Å². The number of aliphatic hydroxyl groups excluding tert-OH is 1. The number of nitrogens with one attached hydrogen (secondary N) is 1. The number of rotatable bonds is 8. The van der Waals surface area contributed by atoms with Crippen LogP contribution in [0, 0.1) is 10.8 Å². The molecule has 0 spiro atoms. The topological polar surface area (TPSA) is 206 Å². The zero-order chi connectivity index (χ0) is 43.1. The van der Waals surface area contributed by atoms with Crippen molar-refractivity contribution < 1.29 is 74.4 Å². The van der Waals surface area contributed by atoms with Crippen LogP contribution in [0.15, 0.2) is 17.2 Å². The van der Waals surface area contributed by atoms with E-state index in [4.69, 9.17) is 38.5 Å². The number of carbonyl (C=O) groups excluding carboxylic acids is 6. The molecule has 2 aromatic rings. The molecule has 2 N–H and O–H groups in total. The largest absolute Gasteiger partial charge is 0.476 e. The fraction of sp³-hybridized carbons (Fsp3) is 0.714. The van der Waals surface area contributed by atoms with Gasteiger partial charge in [0.25, 0.3) is 5.56 Å². The van der Waals surface area contributed by atoms with E-state index in [0.29, 0.717) is 24.0 Å². The third-order valence-electron chi connectivity index (χ3n) is 7.80. The third kappa shape index (κ3) is 17.8. The molecule has 2 saturated carbocycles. The average molecular weight is 819 g/mol. The van der Waals surface area contributed by atoms with Crippen LogP contribution >= 0.6 is 0 Å². The summed E-state index contributed by atoms with van der Waals surface area (Å²) < 4.78 is 92.4. The van der Waals surface area contributed by atoms with Gasteiger partial charge in [-0.2, -0.15) is 54.9 Å². The maximum absolute atomic E-state index is 12.9. The van der Waals surface area contributed by atoms with Gasteiger partial charge in [0.05, 0.1) is 17.4 Å². The summed E-state index contributed by atoms with van der Waals surface area (Å²) in [6, 6.07) is 0. The lowest BCUT2D eigenvalue weighted by molar-refractivity contribution is -0.193. The number of hydrogen-bond donors (Lipinski definition) is 2. The monoisotopic (exact) mass is 818 g/mol. The molecular weight excluding hydrogens is 766 g/mol. The fourth-order valence-corrected chi connectivity index (χ4v) is 4.46. The number of aromatic nitrogens is 4. The van der Waals surface area contributed by atoms with Crippen molar-refractivity contribution in [2.24, 2.45) is 10.8 Å². The molecule has 21 heteroatoms. The maximum atomic E-state index is 12.9. The minimum absolute atomic E-state index is 0. The van der Waals surface area contributed by atoms with Crippen molar-refractivity contribution in [2.75, 3.05) is 13.2 Å². The highest BCUT2D eigenvalue weighted by molar-refractivity contribution is 5.70. The zero-order valence-corrected chi connectivity index (χ0v) is 31.9. The minimum Gasteiger partial charge on any atom is -0.476 e. The Morgan fingerprint density at radius 3 is 1.52 bits per heavy atom. The van der Waals surface area contributed by atoms with Crippen molar-refractivity contribution in [3.05, 3.63) is 33.9 Å². The number of carbonyl (C=O) groups is 2. The van der Waals surface area contributed by atoms with Gasteiger partial charge in [0.1, 0.15) is 11.2 Å². The normalized spacial score (nSPS) is 14.6. The zero-order valence-electron chi connectivity index (χ0n) is 31.9. The van der Waals surface area contributed by atoms with Crippen LogP contribution < -0.4 is 10.3 Å². The molecule has 320 valence electrons. The fourth-order valence-electron chi connectivity index (χ4n) is 4.46. The number of nitrogens with zero attached hydrogens (tertiary/aromatic N) is 3. The Balaban J connectivity index is 0. The Labute approximate surface area is 320 Å². The molecule has 2 aliphatic rings. The number of aliphatic hydroxyl groups is 1. The second kappa shape index (κ2) is 22.1. The Morgan fingerprint density at radius 2 is 1.20 bits per heavy atom. The number of halogens is 6. The molecule has 0 atom stereocenters.